The molecule has 1 fully saturated rings. The van der Waals surface area contributed by atoms with Crippen LogP contribution in [0.15, 0.2) is 24.6 Å². The molecule has 1 atom stereocenters. The molecule has 1 unspecified atom stereocenters. The fourth-order valence-electron chi connectivity index (χ4n) is 1.40. The predicted molar refractivity (Wildman–Crippen MR) is 44.4 cm³/mol. The van der Waals surface area contributed by atoms with E-state index in [0.29, 0.717) is 11.8 Å². The SMILES string of the molecule is C=C1CC(C(C)C)C(=C)N1. The molecule has 10 heavy (non-hydrogen) atoms. The summed E-state index contributed by atoms with van der Waals surface area (Å²) >= 11 is 0. The highest BCUT2D eigenvalue weighted by atomic mass is 14.9. The van der Waals surface area contributed by atoms with Gasteiger partial charge in [0.15, 0.2) is 0 Å². The Labute approximate surface area is 62.8 Å². The quantitative estimate of drug-likeness (QED) is 0.584. The number of allylic oxidation sites excluding steroid dienone is 2. The molecule has 0 aromatic carbocycles. The monoisotopic (exact) mass is 137 g/mol. The van der Waals surface area contributed by atoms with Crippen LogP contribution >= 0.6 is 0 Å². The first-order valence-electron chi connectivity index (χ1n) is 3.75. The van der Waals surface area contributed by atoms with Gasteiger partial charge in [-0.2, -0.15) is 0 Å². The lowest BCUT2D eigenvalue weighted by Gasteiger charge is -2.12. The zero-order valence-electron chi connectivity index (χ0n) is 6.78. The maximum absolute atomic E-state index is 3.94. The summed E-state index contributed by atoms with van der Waals surface area (Å²) in [4.78, 5) is 0. The van der Waals surface area contributed by atoms with Crippen molar-refractivity contribution in [3.8, 4) is 0 Å². The molecule has 1 rings (SSSR count). The van der Waals surface area contributed by atoms with Crippen LogP contribution in [-0.4, -0.2) is 0 Å². The maximum atomic E-state index is 3.94. The Hall–Kier alpha value is -0.720. The summed E-state index contributed by atoms with van der Waals surface area (Å²) in [6.45, 7) is 12.2. The largest absolute Gasteiger partial charge is 0.363 e. The van der Waals surface area contributed by atoms with E-state index in [2.05, 4.69) is 32.3 Å². The van der Waals surface area contributed by atoms with Crippen LogP contribution in [0.5, 0.6) is 0 Å². The molecule has 56 valence electrons. The van der Waals surface area contributed by atoms with Crippen molar-refractivity contribution in [3.05, 3.63) is 24.6 Å². The van der Waals surface area contributed by atoms with Gasteiger partial charge >= 0.3 is 0 Å². The Kier molecular flexibility index (Phi) is 1.84. The van der Waals surface area contributed by atoms with Gasteiger partial charge in [0.2, 0.25) is 0 Å². The molecule has 1 saturated heterocycles. The molecule has 1 aliphatic rings. The summed E-state index contributed by atoms with van der Waals surface area (Å²) in [6.07, 6.45) is 1.07. The summed E-state index contributed by atoms with van der Waals surface area (Å²) < 4.78 is 0. The number of hydrogen-bond acceptors (Lipinski definition) is 1. The summed E-state index contributed by atoms with van der Waals surface area (Å²) in [5, 5.41) is 3.16. The van der Waals surface area contributed by atoms with Gasteiger partial charge in [-0.25, -0.2) is 0 Å². The van der Waals surface area contributed by atoms with Crippen molar-refractivity contribution in [3.63, 3.8) is 0 Å². The highest BCUT2D eigenvalue weighted by Gasteiger charge is 2.23. The minimum absolute atomic E-state index is 0.604. The van der Waals surface area contributed by atoms with Gasteiger partial charge in [-0.3, -0.25) is 0 Å². The van der Waals surface area contributed by atoms with Gasteiger partial charge in [0.1, 0.15) is 0 Å². The van der Waals surface area contributed by atoms with E-state index >= 15 is 0 Å². The third-order valence-electron chi connectivity index (χ3n) is 2.06. The third-order valence-corrected chi connectivity index (χ3v) is 2.06. The van der Waals surface area contributed by atoms with E-state index in [1.807, 2.05) is 0 Å². The zero-order valence-corrected chi connectivity index (χ0v) is 6.78. The van der Waals surface area contributed by atoms with E-state index in [0.717, 1.165) is 17.8 Å². The summed E-state index contributed by atoms with van der Waals surface area (Å²) in [5.41, 5.74) is 2.25. The zero-order chi connectivity index (χ0) is 7.72. The van der Waals surface area contributed by atoms with Gasteiger partial charge in [0.05, 0.1) is 0 Å². The Bertz CT molecular complexity index is 168. The average Bonchev–Trinajstić information content (AvgIpc) is 2.10. The molecule has 1 nitrogen and oxygen atoms in total. The Morgan fingerprint density at radius 2 is 2.10 bits per heavy atom. The minimum Gasteiger partial charge on any atom is -0.363 e. The first-order valence-corrected chi connectivity index (χ1v) is 3.75. The molecule has 1 heteroatoms. The molecule has 0 aliphatic carbocycles. The van der Waals surface area contributed by atoms with Crippen LogP contribution in [0.3, 0.4) is 0 Å². The van der Waals surface area contributed by atoms with Crippen molar-refractivity contribution in [1.82, 2.24) is 5.32 Å². The summed E-state index contributed by atoms with van der Waals surface area (Å²) in [7, 11) is 0. The molecule has 1 aliphatic heterocycles. The van der Waals surface area contributed by atoms with Gasteiger partial charge in [-0.05, 0) is 12.3 Å². The first kappa shape index (κ1) is 7.39. The summed E-state index contributed by atoms with van der Waals surface area (Å²) in [6, 6.07) is 0. The van der Waals surface area contributed by atoms with Crippen molar-refractivity contribution in [2.24, 2.45) is 11.8 Å². The molecule has 0 saturated carbocycles. The molecule has 0 amide bonds. The number of nitrogens with one attached hydrogen (secondary N) is 1. The molecule has 1 N–H and O–H groups in total. The van der Waals surface area contributed by atoms with Crippen molar-refractivity contribution < 1.29 is 0 Å². The van der Waals surface area contributed by atoms with E-state index in [1.165, 1.54) is 0 Å². The molecular formula is C9H15N. The van der Waals surface area contributed by atoms with E-state index in [-0.39, 0.29) is 0 Å². The number of rotatable bonds is 1. The fraction of sp³-hybridized carbons (Fsp3) is 0.556. The molecule has 0 bridgehead atoms. The molecule has 0 spiro atoms. The fourth-order valence-corrected chi connectivity index (χ4v) is 1.40. The second-order valence-corrected chi connectivity index (χ2v) is 3.31. The summed E-state index contributed by atoms with van der Waals surface area (Å²) in [5.74, 6) is 1.28. The molecule has 0 radical (unpaired) electrons. The van der Waals surface area contributed by atoms with E-state index < -0.39 is 0 Å². The van der Waals surface area contributed by atoms with Crippen LogP contribution in [0.25, 0.3) is 0 Å². The van der Waals surface area contributed by atoms with Crippen molar-refractivity contribution in [1.29, 1.82) is 0 Å². The molecule has 1 heterocycles. The lowest BCUT2D eigenvalue weighted by molar-refractivity contribution is 0.465. The van der Waals surface area contributed by atoms with Crippen LogP contribution in [0, 0.1) is 11.8 Å². The van der Waals surface area contributed by atoms with Crippen molar-refractivity contribution in [2.45, 2.75) is 20.3 Å². The standard InChI is InChI=1S/C9H15N/c1-6(2)9-5-7(3)10-8(9)4/h6,9-10H,3-5H2,1-2H3. The second kappa shape index (κ2) is 2.49. The van der Waals surface area contributed by atoms with Crippen LogP contribution < -0.4 is 5.32 Å². The van der Waals surface area contributed by atoms with Gasteiger partial charge in [-0.1, -0.05) is 27.0 Å². The molecule has 0 aromatic rings. The molecule has 0 aromatic heterocycles. The topological polar surface area (TPSA) is 12.0 Å². The predicted octanol–water partition coefficient (Wildman–Crippen LogP) is 2.28. The van der Waals surface area contributed by atoms with Gasteiger partial charge in [0, 0.05) is 17.3 Å². The van der Waals surface area contributed by atoms with E-state index in [1.54, 1.807) is 0 Å². The minimum atomic E-state index is 0.604. The van der Waals surface area contributed by atoms with E-state index in [9.17, 15) is 0 Å². The first-order chi connectivity index (χ1) is 4.61. The van der Waals surface area contributed by atoms with Gasteiger partial charge in [-0.15, -0.1) is 0 Å². The van der Waals surface area contributed by atoms with Crippen LogP contribution in [0.2, 0.25) is 0 Å². The van der Waals surface area contributed by atoms with Crippen LogP contribution in [0.1, 0.15) is 20.3 Å². The van der Waals surface area contributed by atoms with Crippen molar-refractivity contribution >= 4 is 0 Å². The second-order valence-electron chi connectivity index (χ2n) is 3.31. The smallest absolute Gasteiger partial charge is 0.0113 e. The van der Waals surface area contributed by atoms with Crippen LogP contribution in [-0.2, 0) is 0 Å². The highest BCUT2D eigenvalue weighted by Crippen LogP contribution is 2.29. The normalized spacial score (nSPS) is 25.7. The molecular weight excluding hydrogens is 122 g/mol. The highest BCUT2D eigenvalue weighted by molar-refractivity contribution is 5.18. The Morgan fingerprint density at radius 1 is 1.50 bits per heavy atom. The maximum Gasteiger partial charge on any atom is 0.0113 e. The van der Waals surface area contributed by atoms with Crippen molar-refractivity contribution in [2.75, 3.05) is 0 Å². The van der Waals surface area contributed by atoms with Crippen LogP contribution in [0.4, 0.5) is 0 Å². The van der Waals surface area contributed by atoms with E-state index in [4.69, 9.17) is 0 Å². The Morgan fingerprint density at radius 3 is 2.30 bits per heavy atom. The van der Waals surface area contributed by atoms with Gasteiger partial charge < -0.3 is 5.32 Å². The lowest BCUT2D eigenvalue weighted by atomic mass is 9.93. The average molecular weight is 137 g/mol. The third kappa shape index (κ3) is 1.23. The Balaban J connectivity index is 2.63. The lowest BCUT2D eigenvalue weighted by Crippen LogP contribution is -2.09. The number of hydrogen-bond donors (Lipinski definition) is 1. The van der Waals surface area contributed by atoms with Gasteiger partial charge in [0.25, 0.3) is 0 Å².